The number of benzene rings is 1. The van der Waals surface area contributed by atoms with E-state index in [1.165, 1.54) is 0 Å². The van der Waals surface area contributed by atoms with Crippen molar-refractivity contribution in [3.8, 4) is 17.2 Å². The molecule has 0 amide bonds. The van der Waals surface area contributed by atoms with Gasteiger partial charge in [0.1, 0.15) is 5.82 Å². The number of hydrogen-bond acceptors (Lipinski definition) is 4. The van der Waals surface area contributed by atoms with E-state index >= 15 is 0 Å². The van der Waals surface area contributed by atoms with E-state index in [-0.39, 0.29) is 0 Å². The number of nitriles is 1. The van der Waals surface area contributed by atoms with Crippen LogP contribution in [0.3, 0.4) is 0 Å². The fraction of sp³-hybridized carbons (Fsp3) is 0.0625. The van der Waals surface area contributed by atoms with Crippen LogP contribution in [0, 0.1) is 11.3 Å². The minimum atomic E-state index is 0.631. The number of aromatic nitrogens is 4. The molecular weight excluding hydrogens is 276 g/mol. The summed E-state index contributed by atoms with van der Waals surface area (Å²) in [7, 11) is 1.84. The lowest BCUT2D eigenvalue weighted by atomic mass is 9.97. The maximum absolute atomic E-state index is 9.42. The lowest BCUT2D eigenvalue weighted by Gasteiger charge is -2.06. The molecule has 0 aliphatic heterocycles. The van der Waals surface area contributed by atoms with Gasteiger partial charge in [0.05, 0.1) is 28.9 Å². The van der Waals surface area contributed by atoms with Gasteiger partial charge in [0.25, 0.3) is 0 Å². The van der Waals surface area contributed by atoms with Crippen LogP contribution in [0.2, 0.25) is 0 Å². The molecule has 22 heavy (non-hydrogen) atoms. The van der Waals surface area contributed by atoms with Crippen LogP contribution in [-0.4, -0.2) is 26.9 Å². The van der Waals surface area contributed by atoms with Crippen molar-refractivity contribution in [1.82, 2.24) is 19.8 Å². The molecule has 6 nitrogen and oxygen atoms in total. The second-order valence-electron chi connectivity index (χ2n) is 5.00. The van der Waals surface area contributed by atoms with Gasteiger partial charge in [-0.3, -0.25) is 5.10 Å². The number of aromatic amines is 1. The first-order chi connectivity index (χ1) is 10.8. The molecule has 0 spiro atoms. The van der Waals surface area contributed by atoms with Gasteiger partial charge < -0.3 is 5.32 Å². The van der Waals surface area contributed by atoms with E-state index < -0.39 is 0 Å². The first kappa shape index (κ1) is 12.4. The van der Waals surface area contributed by atoms with Gasteiger partial charge in [-0.05, 0) is 29.8 Å². The fourth-order valence-corrected chi connectivity index (χ4v) is 2.69. The number of hydrogen-bond donors (Lipinski definition) is 2. The number of anilines is 1. The first-order valence-corrected chi connectivity index (χ1v) is 6.84. The summed E-state index contributed by atoms with van der Waals surface area (Å²) in [5, 5.41) is 24.8. The SMILES string of the molecule is CNc1cc2cc(-c3c(C#N)ccc4[nH]ncc34)ccn2n1. The van der Waals surface area contributed by atoms with E-state index in [9.17, 15) is 5.26 Å². The summed E-state index contributed by atoms with van der Waals surface area (Å²) in [5.74, 6) is 0.805. The molecule has 0 fully saturated rings. The van der Waals surface area contributed by atoms with E-state index in [0.29, 0.717) is 5.56 Å². The van der Waals surface area contributed by atoms with E-state index in [2.05, 4.69) is 26.7 Å². The van der Waals surface area contributed by atoms with Gasteiger partial charge in [-0.2, -0.15) is 15.5 Å². The maximum atomic E-state index is 9.42. The van der Waals surface area contributed by atoms with Crippen molar-refractivity contribution in [1.29, 1.82) is 5.26 Å². The Labute approximate surface area is 126 Å². The standard InChI is InChI=1S/C16H12N6/c1-18-15-7-12-6-10(4-5-22(12)21-15)16-11(8-17)2-3-14-13(16)9-19-20-14/h2-7,9H,1H3,(H,18,21)(H,19,20). The second kappa shape index (κ2) is 4.60. The van der Waals surface area contributed by atoms with Gasteiger partial charge in [-0.1, -0.05) is 0 Å². The van der Waals surface area contributed by atoms with Crippen molar-refractivity contribution < 1.29 is 0 Å². The minimum Gasteiger partial charge on any atom is -0.372 e. The predicted molar refractivity (Wildman–Crippen MR) is 84.5 cm³/mol. The van der Waals surface area contributed by atoms with Crippen molar-refractivity contribution >= 4 is 22.2 Å². The zero-order valence-corrected chi connectivity index (χ0v) is 11.8. The number of nitrogens with zero attached hydrogens (tertiary/aromatic N) is 4. The lowest BCUT2D eigenvalue weighted by molar-refractivity contribution is 0.963. The lowest BCUT2D eigenvalue weighted by Crippen LogP contribution is -1.91. The third-order valence-corrected chi connectivity index (χ3v) is 3.75. The normalized spacial score (nSPS) is 10.9. The second-order valence-corrected chi connectivity index (χ2v) is 5.00. The molecule has 0 saturated heterocycles. The Morgan fingerprint density at radius 3 is 3.00 bits per heavy atom. The summed E-state index contributed by atoms with van der Waals surface area (Å²) in [5.41, 5.74) is 4.37. The van der Waals surface area contributed by atoms with Gasteiger partial charge >= 0.3 is 0 Å². The molecule has 3 aromatic heterocycles. The molecule has 2 N–H and O–H groups in total. The van der Waals surface area contributed by atoms with Gasteiger partial charge in [0.15, 0.2) is 0 Å². The Morgan fingerprint density at radius 2 is 2.18 bits per heavy atom. The van der Waals surface area contributed by atoms with Crippen LogP contribution < -0.4 is 5.32 Å². The Morgan fingerprint density at radius 1 is 1.27 bits per heavy atom. The summed E-state index contributed by atoms with van der Waals surface area (Å²) in [6.07, 6.45) is 3.65. The summed E-state index contributed by atoms with van der Waals surface area (Å²) >= 11 is 0. The molecule has 6 heteroatoms. The molecule has 1 aromatic carbocycles. The Bertz CT molecular complexity index is 1030. The molecule has 0 aliphatic carbocycles. The van der Waals surface area contributed by atoms with Crippen molar-refractivity contribution in [3.05, 3.63) is 48.3 Å². The molecular formula is C16H12N6. The summed E-state index contributed by atoms with van der Waals surface area (Å²) in [6.45, 7) is 0. The summed E-state index contributed by atoms with van der Waals surface area (Å²) < 4.78 is 1.80. The van der Waals surface area contributed by atoms with E-state index in [4.69, 9.17) is 0 Å². The third-order valence-electron chi connectivity index (χ3n) is 3.75. The van der Waals surface area contributed by atoms with Gasteiger partial charge in [0.2, 0.25) is 0 Å². The number of nitrogens with one attached hydrogen (secondary N) is 2. The fourth-order valence-electron chi connectivity index (χ4n) is 2.69. The third kappa shape index (κ3) is 1.73. The van der Waals surface area contributed by atoms with E-state index in [1.807, 2.05) is 43.6 Å². The molecule has 0 radical (unpaired) electrons. The monoisotopic (exact) mass is 288 g/mol. The van der Waals surface area contributed by atoms with Gasteiger partial charge in [-0.25, -0.2) is 4.52 Å². The van der Waals surface area contributed by atoms with Crippen LogP contribution in [0.5, 0.6) is 0 Å². The molecule has 0 bridgehead atoms. The largest absolute Gasteiger partial charge is 0.372 e. The van der Waals surface area contributed by atoms with Crippen molar-refractivity contribution in [2.24, 2.45) is 0 Å². The molecule has 4 rings (SSSR count). The zero-order valence-electron chi connectivity index (χ0n) is 11.8. The number of fused-ring (bicyclic) bond motifs is 2. The van der Waals surface area contributed by atoms with E-state index in [0.717, 1.165) is 33.4 Å². The van der Waals surface area contributed by atoms with Gasteiger partial charge in [0, 0.05) is 30.3 Å². The van der Waals surface area contributed by atoms with Crippen molar-refractivity contribution in [2.45, 2.75) is 0 Å². The first-order valence-electron chi connectivity index (χ1n) is 6.84. The molecule has 4 aromatic rings. The van der Waals surface area contributed by atoms with Crippen LogP contribution in [-0.2, 0) is 0 Å². The van der Waals surface area contributed by atoms with Crippen LogP contribution in [0.25, 0.3) is 27.5 Å². The highest BCUT2D eigenvalue weighted by Crippen LogP contribution is 2.32. The maximum Gasteiger partial charge on any atom is 0.148 e. The van der Waals surface area contributed by atoms with Crippen LogP contribution in [0.4, 0.5) is 5.82 Å². The average molecular weight is 288 g/mol. The van der Waals surface area contributed by atoms with Gasteiger partial charge in [-0.15, -0.1) is 0 Å². The molecule has 106 valence electrons. The highest BCUT2D eigenvalue weighted by molar-refractivity contribution is 5.97. The molecule has 0 unspecified atom stereocenters. The molecule has 0 atom stereocenters. The Balaban J connectivity index is 2.02. The summed E-state index contributed by atoms with van der Waals surface area (Å²) in [6, 6.07) is 11.9. The topological polar surface area (TPSA) is 81.8 Å². The molecule has 3 heterocycles. The van der Waals surface area contributed by atoms with Crippen molar-refractivity contribution in [3.63, 3.8) is 0 Å². The summed E-state index contributed by atoms with van der Waals surface area (Å²) in [4.78, 5) is 0. The van der Waals surface area contributed by atoms with E-state index in [1.54, 1.807) is 10.7 Å². The highest BCUT2D eigenvalue weighted by Gasteiger charge is 2.12. The molecule has 0 aliphatic rings. The number of rotatable bonds is 2. The Hall–Kier alpha value is -3.33. The van der Waals surface area contributed by atoms with Crippen LogP contribution in [0.1, 0.15) is 5.56 Å². The van der Waals surface area contributed by atoms with Crippen LogP contribution >= 0.6 is 0 Å². The predicted octanol–water partition coefficient (Wildman–Crippen LogP) is 2.79. The minimum absolute atomic E-state index is 0.631. The highest BCUT2D eigenvalue weighted by atomic mass is 15.3. The molecule has 0 saturated carbocycles. The Kier molecular flexibility index (Phi) is 2.60. The quantitative estimate of drug-likeness (QED) is 0.594. The number of pyridine rings is 1. The zero-order chi connectivity index (χ0) is 15.1. The van der Waals surface area contributed by atoms with Crippen LogP contribution in [0.15, 0.2) is 42.7 Å². The smallest absolute Gasteiger partial charge is 0.148 e. The average Bonchev–Trinajstić information content (AvgIpc) is 3.18. The number of H-pyrrole nitrogens is 1. The van der Waals surface area contributed by atoms with Crippen molar-refractivity contribution in [2.75, 3.05) is 12.4 Å².